The van der Waals surface area contributed by atoms with E-state index in [-0.39, 0.29) is 5.91 Å². The summed E-state index contributed by atoms with van der Waals surface area (Å²) in [5.74, 6) is -0.00684. The van der Waals surface area contributed by atoms with E-state index in [1.165, 1.54) is 4.70 Å². The average Bonchev–Trinajstić information content (AvgIpc) is 3.21. The van der Waals surface area contributed by atoms with Gasteiger partial charge in [0, 0.05) is 16.8 Å². The van der Waals surface area contributed by atoms with Crippen molar-refractivity contribution in [2.75, 3.05) is 13.1 Å². The van der Waals surface area contributed by atoms with Crippen LogP contribution in [-0.4, -0.2) is 29.0 Å². The second-order valence-corrected chi connectivity index (χ2v) is 7.44. The summed E-state index contributed by atoms with van der Waals surface area (Å²) in [6.45, 7) is 2.92. The van der Waals surface area contributed by atoms with E-state index < -0.39 is 5.60 Å². The summed E-state index contributed by atoms with van der Waals surface area (Å²) in [6, 6.07) is 15.7. The van der Waals surface area contributed by atoms with Crippen molar-refractivity contribution in [3.8, 4) is 0 Å². The van der Waals surface area contributed by atoms with Crippen LogP contribution in [0.1, 0.15) is 27.9 Å². The molecule has 1 N–H and O–H groups in total. The van der Waals surface area contributed by atoms with Crippen molar-refractivity contribution in [1.29, 1.82) is 0 Å². The van der Waals surface area contributed by atoms with Crippen LogP contribution in [0.5, 0.6) is 0 Å². The molecule has 2 heterocycles. The fraction of sp³-hybridized carbons (Fsp3) is 0.250. The van der Waals surface area contributed by atoms with Crippen molar-refractivity contribution in [3.05, 3.63) is 70.6 Å². The first-order valence-corrected chi connectivity index (χ1v) is 9.00. The van der Waals surface area contributed by atoms with Crippen LogP contribution in [0.3, 0.4) is 0 Å². The second kappa shape index (κ2) is 5.72. The van der Waals surface area contributed by atoms with Crippen LogP contribution < -0.4 is 0 Å². The summed E-state index contributed by atoms with van der Waals surface area (Å²) in [5, 5.41) is 14.2. The second-order valence-electron chi connectivity index (χ2n) is 6.50. The summed E-state index contributed by atoms with van der Waals surface area (Å²) in [4.78, 5) is 14.6. The van der Waals surface area contributed by atoms with Crippen molar-refractivity contribution < 1.29 is 9.90 Å². The van der Waals surface area contributed by atoms with E-state index >= 15 is 0 Å². The van der Waals surface area contributed by atoms with Gasteiger partial charge in [-0.3, -0.25) is 4.79 Å². The largest absolute Gasteiger partial charge is 0.383 e. The number of rotatable bonds is 2. The standard InChI is InChI=1S/C20H19NO2S/c1-14-4-2-3-5-17(14)20(23)9-10-21(13-20)19(22)16-6-7-18-15(12-16)8-11-24-18/h2-8,11-12,23H,9-10,13H2,1H3/t20-/m0/s1. The molecule has 0 spiro atoms. The molecule has 1 aliphatic rings. The number of carbonyl (C=O) groups is 1. The highest BCUT2D eigenvalue weighted by Gasteiger charge is 2.40. The van der Waals surface area contributed by atoms with Crippen LogP contribution in [0.15, 0.2) is 53.9 Å². The van der Waals surface area contributed by atoms with Crippen molar-refractivity contribution >= 4 is 27.3 Å². The monoisotopic (exact) mass is 337 g/mol. The molecular weight excluding hydrogens is 318 g/mol. The van der Waals surface area contributed by atoms with Gasteiger partial charge in [0.25, 0.3) is 5.91 Å². The Bertz CT molecular complexity index is 917. The molecule has 2 aromatic carbocycles. The highest BCUT2D eigenvalue weighted by Crippen LogP contribution is 2.34. The summed E-state index contributed by atoms with van der Waals surface area (Å²) < 4.78 is 1.18. The third-order valence-corrected chi connectivity index (χ3v) is 5.78. The number of nitrogens with zero attached hydrogens (tertiary/aromatic N) is 1. The van der Waals surface area contributed by atoms with Gasteiger partial charge < -0.3 is 10.0 Å². The Labute approximate surface area is 145 Å². The van der Waals surface area contributed by atoms with Crippen LogP contribution in [0.4, 0.5) is 0 Å². The Kier molecular flexibility index (Phi) is 3.66. The molecule has 4 heteroatoms. The van der Waals surface area contributed by atoms with Gasteiger partial charge >= 0.3 is 0 Å². The third-order valence-electron chi connectivity index (χ3n) is 4.88. The highest BCUT2D eigenvalue weighted by molar-refractivity contribution is 7.17. The Balaban J connectivity index is 1.60. The van der Waals surface area contributed by atoms with Crippen LogP contribution in [0, 0.1) is 6.92 Å². The lowest BCUT2D eigenvalue weighted by molar-refractivity contribution is 0.0412. The molecule has 1 aliphatic heterocycles. The zero-order chi connectivity index (χ0) is 16.7. The minimum absolute atomic E-state index is 0.00684. The third kappa shape index (κ3) is 2.52. The first-order valence-electron chi connectivity index (χ1n) is 8.12. The number of hydrogen-bond donors (Lipinski definition) is 1. The van der Waals surface area contributed by atoms with Gasteiger partial charge in [0.15, 0.2) is 0 Å². The fourth-order valence-electron chi connectivity index (χ4n) is 3.56. The maximum absolute atomic E-state index is 12.8. The number of likely N-dealkylation sites (tertiary alicyclic amines) is 1. The Morgan fingerprint density at radius 1 is 1.21 bits per heavy atom. The molecule has 0 radical (unpaired) electrons. The van der Waals surface area contributed by atoms with E-state index in [4.69, 9.17) is 0 Å². The number of fused-ring (bicyclic) bond motifs is 1. The molecule has 0 saturated carbocycles. The minimum atomic E-state index is -0.951. The van der Waals surface area contributed by atoms with Gasteiger partial charge in [-0.2, -0.15) is 0 Å². The summed E-state index contributed by atoms with van der Waals surface area (Å²) in [6.07, 6.45) is 0.574. The number of amides is 1. The number of thiophene rings is 1. The van der Waals surface area contributed by atoms with E-state index in [2.05, 4.69) is 0 Å². The van der Waals surface area contributed by atoms with Crippen molar-refractivity contribution in [3.63, 3.8) is 0 Å². The highest BCUT2D eigenvalue weighted by atomic mass is 32.1. The van der Waals surface area contributed by atoms with Gasteiger partial charge in [0.1, 0.15) is 5.60 Å². The lowest BCUT2D eigenvalue weighted by Crippen LogP contribution is -2.34. The van der Waals surface area contributed by atoms with E-state index in [9.17, 15) is 9.90 Å². The minimum Gasteiger partial charge on any atom is -0.383 e. The van der Waals surface area contributed by atoms with E-state index in [0.29, 0.717) is 25.1 Å². The number of aryl methyl sites for hydroxylation is 1. The molecule has 1 atom stereocenters. The van der Waals surface area contributed by atoms with E-state index in [1.807, 2.05) is 60.8 Å². The normalized spacial score (nSPS) is 20.7. The zero-order valence-electron chi connectivity index (χ0n) is 13.5. The van der Waals surface area contributed by atoms with Gasteiger partial charge in [-0.25, -0.2) is 0 Å². The summed E-state index contributed by atoms with van der Waals surface area (Å²) >= 11 is 1.67. The molecule has 4 rings (SSSR count). The van der Waals surface area contributed by atoms with Crippen molar-refractivity contribution in [1.82, 2.24) is 4.90 Å². The number of benzene rings is 2. The number of aliphatic hydroxyl groups is 1. The lowest BCUT2D eigenvalue weighted by atomic mass is 9.89. The molecule has 122 valence electrons. The van der Waals surface area contributed by atoms with Gasteiger partial charge in [-0.1, -0.05) is 24.3 Å². The van der Waals surface area contributed by atoms with Crippen LogP contribution in [0.2, 0.25) is 0 Å². The molecule has 0 unspecified atom stereocenters. The lowest BCUT2D eigenvalue weighted by Gasteiger charge is -2.25. The van der Waals surface area contributed by atoms with Crippen molar-refractivity contribution in [2.45, 2.75) is 18.9 Å². The molecule has 24 heavy (non-hydrogen) atoms. The molecule has 0 aliphatic carbocycles. The maximum atomic E-state index is 12.8. The predicted octanol–water partition coefficient (Wildman–Crippen LogP) is 3.94. The first-order chi connectivity index (χ1) is 11.6. The quantitative estimate of drug-likeness (QED) is 0.769. The summed E-state index contributed by atoms with van der Waals surface area (Å²) in [5.41, 5.74) is 1.73. The molecule has 0 bridgehead atoms. The Morgan fingerprint density at radius 2 is 2.04 bits per heavy atom. The van der Waals surface area contributed by atoms with Crippen LogP contribution in [-0.2, 0) is 5.60 Å². The maximum Gasteiger partial charge on any atom is 0.253 e. The molecule has 3 aromatic rings. The predicted molar refractivity (Wildman–Crippen MR) is 97.4 cm³/mol. The molecule has 1 amide bonds. The Morgan fingerprint density at radius 3 is 2.88 bits per heavy atom. The molecule has 1 fully saturated rings. The Hall–Kier alpha value is -2.17. The van der Waals surface area contributed by atoms with E-state index in [0.717, 1.165) is 16.5 Å². The smallest absolute Gasteiger partial charge is 0.253 e. The van der Waals surface area contributed by atoms with Gasteiger partial charge in [-0.05, 0) is 59.5 Å². The van der Waals surface area contributed by atoms with Crippen LogP contribution in [0.25, 0.3) is 10.1 Å². The van der Waals surface area contributed by atoms with Crippen LogP contribution >= 0.6 is 11.3 Å². The molecule has 3 nitrogen and oxygen atoms in total. The first kappa shape index (κ1) is 15.4. The topological polar surface area (TPSA) is 40.5 Å². The molecule has 1 saturated heterocycles. The number of carbonyl (C=O) groups excluding carboxylic acids is 1. The zero-order valence-corrected chi connectivity index (χ0v) is 14.3. The summed E-state index contributed by atoms with van der Waals surface area (Å²) in [7, 11) is 0. The van der Waals surface area contributed by atoms with Gasteiger partial charge in [0.2, 0.25) is 0 Å². The molecule has 1 aromatic heterocycles. The SMILES string of the molecule is Cc1ccccc1[C@]1(O)CCN(C(=O)c2ccc3sccc3c2)C1. The van der Waals surface area contributed by atoms with E-state index in [1.54, 1.807) is 16.2 Å². The van der Waals surface area contributed by atoms with Gasteiger partial charge in [0.05, 0.1) is 6.54 Å². The molecular formula is C20H19NO2S. The average molecular weight is 337 g/mol. The fourth-order valence-corrected chi connectivity index (χ4v) is 4.34. The number of hydrogen-bond acceptors (Lipinski definition) is 3. The van der Waals surface area contributed by atoms with Crippen molar-refractivity contribution in [2.24, 2.45) is 0 Å². The van der Waals surface area contributed by atoms with Gasteiger partial charge in [-0.15, -0.1) is 11.3 Å². The number of β-amino-alcohol motifs (C(OH)–C–C–N with tert-alkyl or cyclic N) is 1.